The van der Waals surface area contributed by atoms with E-state index in [9.17, 15) is 4.21 Å². The molecule has 0 aliphatic carbocycles. The van der Waals surface area contributed by atoms with E-state index in [0.29, 0.717) is 11.7 Å². The van der Waals surface area contributed by atoms with Crippen LogP contribution in [0.15, 0.2) is 24.3 Å². The molecule has 3 nitrogen and oxygen atoms in total. The SMILES string of the molecule is CC(C)c1ccc(NS(=O)CCN(C)C)cc1. The van der Waals surface area contributed by atoms with E-state index in [4.69, 9.17) is 0 Å². The molecule has 96 valence electrons. The summed E-state index contributed by atoms with van der Waals surface area (Å²) in [5.41, 5.74) is 2.22. The van der Waals surface area contributed by atoms with Crippen molar-refractivity contribution in [2.24, 2.45) is 0 Å². The number of anilines is 1. The van der Waals surface area contributed by atoms with Gasteiger partial charge in [-0.25, -0.2) is 4.21 Å². The van der Waals surface area contributed by atoms with E-state index >= 15 is 0 Å². The van der Waals surface area contributed by atoms with Crippen LogP contribution in [0.4, 0.5) is 5.69 Å². The summed E-state index contributed by atoms with van der Waals surface area (Å²) in [4.78, 5) is 2.03. The third-order valence-corrected chi connectivity index (χ3v) is 3.55. The normalized spacial score (nSPS) is 13.1. The Kier molecular flexibility index (Phi) is 5.65. The van der Waals surface area contributed by atoms with Crippen LogP contribution in [0, 0.1) is 0 Å². The van der Waals surface area contributed by atoms with Crippen molar-refractivity contribution in [3.05, 3.63) is 29.8 Å². The first kappa shape index (κ1) is 14.2. The molecular weight excluding hydrogens is 232 g/mol. The van der Waals surface area contributed by atoms with Crippen molar-refractivity contribution in [3.8, 4) is 0 Å². The second kappa shape index (κ2) is 6.77. The Labute approximate surface area is 107 Å². The largest absolute Gasteiger partial charge is 0.308 e. The molecule has 0 fully saturated rings. The maximum atomic E-state index is 11.7. The van der Waals surface area contributed by atoms with Crippen molar-refractivity contribution in [1.29, 1.82) is 0 Å². The minimum absolute atomic E-state index is 0.531. The van der Waals surface area contributed by atoms with Crippen LogP contribution in [-0.2, 0) is 11.0 Å². The molecule has 0 saturated carbocycles. The summed E-state index contributed by atoms with van der Waals surface area (Å²) in [6, 6.07) is 8.14. The van der Waals surface area contributed by atoms with Gasteiger partial charge in [-0.1, -0.05) is 26.0 Å². The summed E-state index contributed by atoms with van der Waals surface area (Å²) >= 11 is 0. The summed E-state index contributed by atoms with van der Waals surface area (Å²) < 4.78 is 14.7. The summed E-state index contributed by atoms with van der Waals surface area (Å²) in [7, 11) is 2.96. The summed E-state index contributed by atoms with van der Waals surface area (Å²) in [6.07, 6.45) is 0. The van der Waals surface area contributed by atoms with E-state index in [0.717, 1.165) is 12.2 Å². The number of hydrogen-bond acceptors (Lipinski definition) is 2. The van der Waals surface area contributed by atoms with Crippen molar-refractivity contribution in [1.82, 2.24) is 4.90 Å². The molecule has 1 aromatic carbocycles. The van der Waals surface area contributed by atoms with Gasteiger partial charge in [0, 0.05) is 12.2 Å². The van der Waals surface area contributed by atoms with Crippen molar-refractivity contribution in [3.63, 3.8) is 0 Å². The van der Waals surface area contributed by atoms with Crippen LogP contribution in [0.25, 0.3) is 0 Å². The molecule has 1 atom stereocenters. The Bertz CT molecular complexity index is 360. The Hall–Kier alpha value is -0.870. The first-order chi connectivity index (χ1) is 7.99. The molecular formula is C13H22N2OS. The molecule has 1 unspecified atom stereocenters. The highest BCUT2D eigenvalue weighted by molar-refractivity contribution is 7.86. The predicted molar refractivity (Wildman–Crippen MR) is 75.7 cm³/mol. The monoisotopic (exact) mass is 254 g/mol. The van der Waals surface area contributed by atoms with Crippen molar-refractivity contribution in [2.75, 3.05) is 31.1 Å². The molecule has 1 aromatic rings. The molecule has 0 saturated heterocycles. The highest BCUT2D eigenvalue weighted by Gasteiger charge is 2.02. The van der Waals surface area contributed by atoms with Crippen LogP contribution >= 0.6 is 0 Å². The fourth-order valence-corrected chi connectivity index (χ4v) is 2.42. The predicted octanol–water partition coefficient (Wildman–Crippen LogP) is 2.45. The Morgan fingerprint density at radius 1 is 1.24 bits per heavy atom. The average molecular weight is 254 g/mol. The van der Waals surface area contributed by atoms with Crippen molar-refractivity contribution < 1.29 is 4.21 Å². The number of nitrogens with one attached hydrogen (secondary N) is 1. The standard InChI is InChI=1S/C13H22N2OS/c1-11(2)12-5-7-13(8-6-12)14-17(16)10-9-15(3)4/h5-8,11,14H,9-10H2,1-4H3. The first-order valence-electron chi connectivity index (χ1n) is 5.88. The van der Waals surface area contributed by atoms with Gasteiger partial charge in [-0.15, -0.1) is 0 Å². The van der Waals surface area contributed by atoms with E-state index < -0.39 is 11.0 Å². The Morgan fingerprint density at radius 3 is 2.29 bits per heavy atom. The van der Waals surface area contributed by atoms with E-state index in [1.807, 2.05) is 31.1 Å². The molecule has 0 radical (unpaired) electrons. The fraction of sp³-hybridized carbons (Fsp3) is 0.538. The lowest BCUT2D eigenvalue weighted by Gasteiger charge is -2.11. The lowest BCUT2D eigenvalue weighted by Crippen LogP contribution is -2.21. The van der Waals surface area contributed by atoms with Gasteiger partial charge >= 0.3 is 0 Å². The van der Waals surface area contributed by atoms with Crippen LogP contribution in [0.3, 0.4) is 0 Å². The van der Waals surface area contributed by atoms with Gasteiger partial charge in [0.15, 0.2) is 0 Å². The van der Waals surface area contributed by atoms with Gasteiger partial charge in [-0.3, -0.25) is 0 Å². The van der Waals surface area contributed by atoms with Crippen LogP contribution in [0.2, 0.25) is 0 Å². The molecule has 0 aliphatic heterocycles. The molecule has 4 heteroatoms. The first-order valence-corrected chi connectivity index (χ1v) is 7.20. The second-order valence-corrected chi connectivity index (χ2v) is 6.04. The number of benzene rings is 1. The van der Waals surface area contributed by atoms with Gasteiger partial charge in [-0.05, 0) is 37.7 Å². The molecule has 1 rings (SSSR count). The lowest BCUT2D eigenvalue weighted by atomic mass is 10.0. The van der Waals surface area contributed by atoms with Gasteiger partial charge < -0.3 is 9.62 Å². The molecule has 0 spiro atoms. The van der Waals surface area contributed by atoms with Crippen LogP contribution in [0.5, 0.6) is 0 Å². The summed E-state index contributed by atoms with van der Waals surface area (Å²) in [6.45, 7) is 5.15. The minimum Gasteiger partial charge on any atom is -0.308 e. The molecule has 17 heavy (non-hydrogen) atoms. The van der Waals surface area contributed by atoms with Gasteiger partial charge in [0.05, 0.1) is 5.75 Å². The molecule has 0 amide bonds. The topological polar surface area (TPSA) is 32.3 Å². The Balaban J connectivity index is 2.48. The molecule has 1 N–H and O–H groups in total. The van der Waals surface area contributed by atoms with E-state index in [2.05, 4.69) is 30.7 Å². The van der Waals surface area contributed by atoms with Crippen LogP contribution in [0.1, 0.15) is 25.3 Å². The lowest BCUT2D eigenvalue weighted by molar-refractivity contribution is 0.436. The molecule has 0 heterocycles. The summed E-state index contributed by atoms with van der Waals surface area (Å²) in [5, 5.41) is 0. The van der Waals surface area contributed by atoms with Gasteiger partial charge in [0.25, 0.3) is 0 Å². The zero-order valence-corrected chi connectivity index (χ0v) is 11.9. The number of hydrogen-bond donors (Lipinski definition) is 1. The van der Waals surface area contributed by atoms with Crippen molar-refractivity contribution >= 4 is 16.7 Å². The molecule has 0 aromatic heterocycles. The minimum atomic E-state index is -1.00. The molecule has 0 aliphatic rings. The third-order valence-electron chi connectivity index (χ3n) is 2.53. The number of nitrogens with zero attached hydrogens (tertiary/aromatic N) is 1. The smallest absolute Gasteiger partial charge is 0.118 e. The average Bonchev–Trinajstić information content (AvgIpc) is 2.27. The van der Waals surface area contributed by atoms with Gasteiger partial charge in [-0.2, -0.15) is 0 Å². The highest BCUT2D eigenvalue weighted by atomic mass is 32.2. The van der Waals surface area contributed by atoms with Gasteiger partial charge in [0.2, 0.25) is 0 Å². The zero-order chi connectivity index (χ0) is 12.8. The summed E-state index contributed by atoms with van der Waals surface area (Å²) in [5.74, 6) is 1.17. The second-order valence-electron chi connectivity index (χ2n) is 4.73. The fourth-order valence-electron chi connectivity index (χ4n) is 1.38. The number of rotatable bonds is 6. The highest BCUT2D eigenvalue weighted by Crippen LogP contribution is 2.17. The van der Waals surface area contributed by atoms with E-state index in [1.54, 1.807) is 0 Å². The molecule has 0 bridgehead atoms. The van der Waals surface area contributed by atoms with Crippen LogP contribution in [-0.4, -0.2) is 35.5 Å². The maximum Gasteiger partial charge on any atom is 0.118 e. The van der Waals surface area contributed by atoms with E-state index in [1.165, 1.54) is 5.56 Å². The van der Waals surface area contributed by atoms with Gasteiger partial charge in [0.1, 0.15) is 11.0 Å². The quantitative estimate of drug-likeness (QED) is 0.845. The Morgan fingerprint density at radius 2 is 1.82 bits per heavy atom. The maximum absolute atomic E-state index is 11.7. The third kappa shape index (κ3) is 5.33. The van der Waals surface area contributed by atoms with E-state index in [-0.39, 0.29) is 0 Å². The zero-order valence-electron chi connectivity index (χ0n) is 11.1. The van der Waals surface area contributed by atoms with Crippen LogP contribution < -0.4 is 4.72 Å². The van der Waals surface area contributed by atoms with Crippen molar-refractivity contribution in [2.45, 2.75) is 19.8 Å².